The molecule has 18 heavy (non-hydrogen) atoms. The molecule has 0 atom stereocenters. The highest BCUT2D eigenvalue weighted by Gasteiger charge is 2.11. The maximum atomic E-state index is 12.1. The molecule has 0 amide bonds. The van der Waals surface area contributed by atoms with Crippen molar-refractivity contribution < 1.29 is 9.63 Å². The zero-order chi connectivity index (χ0) is 12.4. The van der Waals surface area contributed by atoms with Crippen LogP contribution in [0.1, 0.15) is 10.4 Å². The summed E-state index contributed by atoms with van der Waals surface area (Å²) in [4.78, 5) is 21.0. The summed E-state index contributed by atoms with van der Waals surface area (Å²) in [7, 11) is 0. The Balaban J connectivity index is 2.01. The number of hydrogen-bond donors (Lipinski definition) is 0. The van der Waals surface area contributed by atoms with E-state index in [0.29, 0.717) is 5.56 Å². The summed E-state index contributed by atoms with van der Waals surface area (Å²) >= 11 is 0. The van der Waals surface area contributed by atoms with Crippen LogP contribution in [-0.4, -0.2) is 15.7 Å². The van der Waals surface area contributed by atoms with Crippen molar-refractivity contribution in [2.45, 2.75) is 0 Å². The van der Waals surface area contributed by atoms with Crippen LogP contribution in [0.3, 0.4) is 0 Å². The minimum absolute atomic E-state index is 0.398. The summed E-state index contributed by atoms with van der Waals surface area (Å²) in [6, 6.07) is 13.3. The second-order valence-corrected chi connectivity index (χ2v) is 3.83. The van der Waals surface area contributed by atoms with E-state index in [1.807, 2.05) is 36.4 Å². The van der Waals surface area contributed by atoms with Crippen LogP contribution in [0.2, 0.25) is 0 Å². The Labute approximate surface area is 103 Å². The molecule has 88 valence electrons. The lowest BCUT2D eigenvalue weighted by molar-refractivity contribution is 0.0463. The molecule has 0 saturated heterocycles. The molecule has 2 aromatic carbocycles. The molecule has 0 N–H and O–H groups in total. The highest BCUT2D eigenvalue weighted by Crippen LogP contribution is 2.18. The summed E-state index contributed by atoms with van der Waals surface area (Å²) in [5.41, 5.74) is 0.543. The standard InChI is InChI=1S/C14H10N2O2/c17-14(18-16-9-8-15-10-16)13-7-3-5-11-4-1-2-6-12(11)13/h1-10H. The predicted molar refractivity (Wildman–Crippen MR) is 67.1 cm³/mol. The number of carbonyl (C=O) groups is 1. The maximum absolute atomic E-state index is 12.1. The zero-order valence-corrected chi connectivity index (χ0v) is 9.48. The number of aromatic nitrogens is 2. The first-order valence-corrected chi connectivity index (χ1v) is 5.53. The molecule has 0 aliphatic carbocycles. The van der Waals surface area contributed by atoms with Crippen molar-refractivity contribution in [1.29, 1.82) is 0 Å². The number of hydrogen-bond acceptors (Lipinski definition) is 3. The Morgan fingerprint density at radius 2 is 1.94 bits per heavy atom. The van der Waals surface area contributed by atoms with Crippen molar-refractivity contribution in [2.75, 3.05) is 0 Å². The van der Waals surface area contributed by atoms with Gasteiger partial charge in [-0.1, -0.05) is 36.4 Å². The van der Waals surface area contributed by atoms with Gasteiger partial charge in [-0.2, -0.15) is 4.73 Å². The molecule has 0 unspecified atom stereocenters. The second-order valence-electron chi connectivity index (χ2n) is 3.83. The Hall–Kier alpha value is -2.62. The number of benzene rings is 2. The summed E-state index contributed by atoms with van der Waals surface area (Å²) in [5.74, 6) is -0.398. The van der Waals surface area contributed by atoms with Crippen LogP contribution >= 0.6 is 0 Å². The second kappa shape index (κ2) is 4.33. The molecule has 0 radical (unpaired) electrons. The molecule has 4 heteroatoms. The SMILES string of the molecule is O=C(On1ccnc1)c1cccc2ccccc12. The summed E-state index contributed by atoms with van der Waals surface area (Å²) in [5, 5.41) is 1.89. The van der Waals surface area contributed by atoms with Gasteiger partial charge in [-0.25, -0.2) is 9.78 Å². The first kappa shape index (κ1) is 10.5. The summed E-state index contributed by atoms with van der Waals surface area (Å²) in [6.07, 6.45) is 4.56. The fourth-order valence-electron chi connectivity index (χ4n) is 1.85. The third kappa shape index (κ3) is 1.84. The highest BCUT2D eigenvalue weighted by atomic mass is 16.7. The van der Waals surface area contributed by atoms with E-state index in [2.05, 4.69) is 4.98 Å². The highest BCUT2D eigenvalue weighted by molar-refractivity contribution is 6.04. The lowest BCUT2D eigenvalue weighted by Gasteiger charge is -2.06. The summed E-state index contributed by atoms with van der Waals surface area (Å²) in [6.45, 7) is 0. The lowest BCUT2D eigenvalue weighted by atomic mass is 10.1. The molecule has 3 rings (SSSR count). The number of nitrogens with zero attached hydrogens (tertiary/aromatic N) is 2. The topological polar surface area (TPSA) is 44.1 Å². The van der Waals surface area contributed by atoms with E-state index < -0.39 is 5.97 Å². The Morgan fingerprint density at radius 3 is 2.78 bits per heavy atom. The van der Waals surface area contributed by atoms with E-state index in [9.17, 15) is 4.79 Å². The van der Waals surface area contributed by atoms with Gasteiger partial charge in [0.15, 0.2) is 0 Å². The van der Waals surface area contributed by atoms with Crippen molar-refractivity contribution in [3.63, 3.8) is 0 Å². The van der Waals surface area contributed by atoms with Gasteiger partial charge in [0.1, 0.15) is 6.33 Å². The van der Waals surface area contributed by atoms with Crippen LogP contribution < -0.4 is 4.84 Å². The van der Waals surface area contributed by atoms with Gasteiger partial charge in [0.2, 0.25) is 0 Å². The van der Waals surface area contributed by atoms with Crippen LogP contribution in [0, 0.1) is 0 Å². The maximum Gasteiger partial charge on any atom is 0.364 e. The van der Waals surface area contributed by atoms with Crippen LogP contribution in [0.15, 0.2) is 61.2 Å². The normalized spacial score (nSPS) is 10.4. The van der Waals surface area contributed by atoms with Crippen molar-refractivity contribution in [3.05, 3.63) is 66.7 Å². The average Bonchev–Trinajstić information content (AvgIpc) is 2.91. The van der Waals surface area contributed by atoms with E-state index in [1.54, 1.807) is 18.5 Å². The number of carbonyl (C=O) groups excluding carboxylic acids is 1. The molecule has 1 heterocycles. The molecule has 0 spiro atoms. The Bertz CT molecular complexity index is 685. The van der Waals surface area contributed by atoms with Crippen LogP contribution in [0.4, 0.5) is 0 Å². The van der Waals surface area contributed by atoms with E-state index in [1.165, 1.54) is 11.1 Å². The molecular weight excluding hydrogens is 228 g/mol. The molecule has 0 saturated carbocycles. The van der Waals surface area contributed by atoms with Gasteiger partial charge in [-0.3, -0.25) is 0 Å². The predicted octanol–water partition coefficient (Wildman–Crippen LogP) is 2.31. The van der Waals surface area contributed by atoms with E-state index in [0.717, 1.165) is 10.8 Å². The Kier molecular flexibility index (Phi) is 2.53. The molecule has 4 nitrogen and oxygen atoms in total. The van der Waals surface area contributed by atoms with Gasteiger partial charge in [0, 0.05) is 6.20 Å². The monoisotopic (exact) mass is 238 g/mol. The van der Waals surface area contributed by atoms with Gasteiger partial charge in [-0.15, -0.1) is 0 Å². The molecule has 0 fully saturated rings. The first-order chi connectivity index (χ1) is 8.84. The van der Waals surface area contributed by atoms with Crippen LogP contribution in [0.25, 0.3) is 10.8 Å². The Morgan fingerprint density at radius 1 is 1.11 bits per heavy atom. The smallest absolute Gasteiger partial charge is 0.330 e. The third-order valence-electron chi connectivity index (χ3n) is 2.68. The van der Waals surface area contributed by atoms with Gasteiger partial charge in [-0.05, 0) is 16.8 Å². The fraction of sp³-hybridized carbons (Fsp3) is 0. The third-order valence-corrected chi connectivity index (χ3v) is 2.68. The van der Waals surface area contributed by atoms with Crippen LogP contribution in [-0.2, 0) is 0 Å². The number of imidazole rings is 1. The number of rotatable bonds is 2. The van der Waals surface area contributed by atoms with Crippen molar-refractivity contribution in [1.82, 2.24) is 9.71 Å². The fourth-order valence-corrected chi connectivity index (χ4v) is 1.85. The quantitative estimate of drug-likeness (QED) is 0.688. The van der Waals surface area contributed by atoms with E-state index in [-0.39, 0.29) is 0 Å². The zero-order valence-electron chi connectivity index (χ0n) is 9.48. The minimum Gasteiger partial charge on any atom is -0.330 e. The molecular formula is C14H10N2O2. The van der Waals surface area contributed by atoms with Crippen LogP contribution in [0.5, 0.6) is 0 Å². The van der Waals surface area contributed by atoms with Gasteiger partial charge >= 0.3 is 5.97 Å². The molecule has 3 aromatic rings. The lowest BCUT2D eigenvalue weighted by Crippen LogP contribution is -2.18. The van der Waals surface area contributed by atoms with E-state index >= 15 is 0 Å². The molecule has 1 aromatic heterocycles. The molecule has 0 aliphatic heterocycles. The van der Waals surface area contributed by atoms with Gasteiger partial charge in [0.25, 0.3) is 0 Å². The van der Waals surface area contributed by atoms with Crippen molar-refractivity contribution in [2.24, 2.45) is 0 Å². The number of fused-ring (bicyclic) bond motifs is 1. The van der Waals surface area contributed by atoms with Crippen molar-refractivity contribution >= 4 is 16.7 Å². The van der Waals surface area contributed by atoms with Gasteiger partial charge < -0.3 is 4.84 Å². The first-order valence-electron chi connectivity index (χ1n) is 5.53. The van der Waals surface area contributed by atoms with Crippen molar-refractivity contribution in [3.8, 4) is 0 Å². The minimum atomic E-state index is -0.398. The molecule has 0 aliphatic rings. The average molecular weight is 238 g/mol. The largest absolute Gasteiger partial charge is 0.364 e. The van der Waals surface area contributed by atoms with E-state index in [4.69, 9.17) is 4.84 Å². The van der Waals surface area contributed by atoms with Gasteiger partial charge in [0.05, 0.1) is 11.8 Å². The summed E-state index contributed by atoms with van der Waals surface area (Å²) < 4.78 is 1.28. The molecule has 0 bridgehead atoms.